The molecule has 2 rings (SSSR count). The average molecular weight is 409 g/mol. The monoisotopic (exact) mass is 409 g/mol. The van der Waals surface area contributed by atoms with E-state index in [0.717, 1.165) is 15.9 Å². The van der Waals surface area contributed by atoms with Crippen LogP contribution in [0.2, 0.25) is 0 Å². The molecule has 9 nitrogen and oxygen atoms in total. The van der Waals surface area contributed by atoms with Crippen molar-refractivity contribution in [3.05, 3.63) is 48.0 Å². The summed E-state index contributed by atoms with van der Waals surface area (Å²) >= 11 is 0. The number of nitrogens with zero attached hydrogens (tertiary/aromatic N) is 2. The maximum Gasteiger partial charge on any atom is 0.408 e. The summed E-state index contributed by atoms with van der Waals surface area (Å²) in [5.41, 5.74) is 0.332. The van der Waals surface area contributed by atoms with Gasteiger partial charge >= 0.3 is 12.1 Å². The topological polar surface area (TPSA) is 128 Å². The predicted molar refractivity (Wildman–Crippen MR) is 100 cm³/mol. The molecule has 0 unspecified atom stereocenters. The molecule has 0 spiro atoms. The molecule has 0 saturated heterocycles. The van der Waals surface area contributed by atoms with E-state index in [4.69, 9.17) is 4.74 Å². The summed E-state index contributed by atoms with van der Waals surface area (Å²) in [6, 6.07) is 5.00. The third kappa shape index (κ3) is 5.56. The van der Waals surface area contributed by atoms with Crippen LogP contribution in [0.15, 0.2) is 41.7 Å². The van der Waals surface area contributed by atoms with E-state index in [1.807, 2.05) is 6.92 Å². The highest BCUT2D eigenvalue weighted by molar-refractivity contribution is 7.90. The summed E-state index contributed by atoms with van der Waals surface area (Å²) < 4.78 is 31.2. The highest BCUT2D eigenvalue weighted by Crippen LogP contribution is 2.15. The Morgan fingerprint density at radius 2 is 1.86 bits per heavy atom. The van der Waals surface area contributed by atoms with Crippen LogP contribution in [0, 0.1) is 6.92 Å². The summed E-state index contributed by atoms with van der Waals surface area (Å²) in [5, 5.41) is 11.6. The minimum absolute atomic E-state index is 0.0868. The van der Waals surface area contributed by atoms with Gasteiger partial charge in [-0.2, -0.15) is 0 Å². The fourth-order valence-corrected chi connectivity index (χ4v) is 3.43. The summed E-state index contributed by atoms with van der Waals surface area (Å²) in [6.45, 7) is 6.80. The molecule has 0 aliphatic heterocycles. The van der Waals surface area contributed by atoms with Gasteiger partial charge < -0.3 is 15.2 Å². The molecule has 1 amide bonds. The number of rotatable bonds is 6. The summed E-state index contributed by atoms with van der Waals surface area (Å²) in [4.78, 5) is 27.3. The van der Waals surface area contributed by atoms with Crippen LogP contribution in [0.5, 0.6) is 0 Å². The Bertz CT molecular complexity index is 958. The normalized spacial score (nSPS) is 13.0. The van der Waals surface area contributed by atoms with Gasteiger partial charge in [-0.1, -0.05) is 17.7 Å². The number of carbonyl (C=O) groups is 2. The molecule has 2 N–H and O–H groups in total. The van der Waals surface area contributed by atoms with E-state index in [1.54, 1.807) is 32.9 Å². The lowest BCUT2D eigenvalue weighted by atomic mass is 10.1. The molecule has 0 fully saturated rings. The number of nitrogens with one attached hydrogen (secondary N) is 1. The molecule has 1 heterocycles. The van der Waals surface area contributed by atoms with Crippen LogP contribution in [0.4, 0.5) is 4.79 Å². The number of ether oxygens (including phenoxy) is 1. The van der Waals surface area contributed by atoms with Gasteiger partial charge in [0.05, 0.1) is 10.6 Å². The molecule has 0 radical (unpaired) electrons. The highest BCUT2D eigenvalue weighted by Gasteiger charge is 2.26. The quantitative estimate of drug-likeness (QED) is 0.746. The van der Waals surface area contributed by atoms with Crippen LogP contribution in [-0.2, 0) is 26.0 Å². The van der Waals surface area contributed by atoms with Crippen LogP contribution >= 0.6 is 0 Å². The Hall–Kier alpha value is -2.88. The largest absolute Gasteiger partial charge is 0.480 e. The van der Waals surface area contributed by atoms with Gasteiger partial charge in [0.2, 0.25) is 0 Å². The zero-order valence-corrected chi connectivity index (χ0v) is 16.9. The first-order valence-corrected chi connectivity index (χ1v) is 9.90. The Morgan fingerprint density at radius 3 is 2.39 bits per heavy atom. The van der Waals surface area contributed by atoms with E-state index in [0.29, 0.717) is 0 Å². The van der Waals surface area contributed by atoms with Gasteiger partial charge in [-0.05, 0) is 39.8 Å². The Morgan fingerprint density at radius 1 is 1.25 bits per heavy atom. The van der Waals surface area contributed by atoms with Crippen molar-refractivity contribution in [1.29, 1.82) is 0 Å². The molecule has 1 atom stereocenters. The molecule has 0 aliphatic carbocycles. The molecular formula is C18H23N3O6S. The van der Waals surface area contributed by atoms with Gasteiger partial charge in [0.1, 0.15) is 18.0 Å². The number of amides is 1. The minimum Gasteiger partial charge on any atom is -0.480 e. The molecule has 0 bridgehead atoms. The third-order valence-corrected chi connectivity index (χ3v) is 5.23. The van der Waals surface area contributed by atoms with Crippen molar-refractivity contribution in [2.75, 3.05) is 0 Å². The van der Waals surface area contributed by atoms with Crippen molar-refractivity contribution in [3.63, 3.8) is 0 Å². The predicted octanol–water partition coefficient (Wildman–Crippen LogP) is 1.95. The summed E-state index contributed by atoms with van der Waals surface area (Å²) in [7, 11) is -3.84. The van der Waals surface area contributed by atoms with Crippen LogP contribution in [0.3, 0.4) is 0 Å². The van der Waals surface area contributed by atoms with Crippen molar-refractivity contribution in [2.24, 2.45) is 0 Å². The number of aliphatic carboxylic acids is 1. The van der Waals surface area contributed by atoms with Gasteiger partial charge in [-0.15, -0.1) is 0 Å². The minimum atomic E-state index is -3.84. The number of carboxylic acid groups (broad SMARTS) is 1. The van der Waals surface area contributed by atoms with Gasteiger partial charge in [-0.25, -0.2) is 27.0 Å². The lowest BCUT2D eigenvalue weighted by Crippen LogP contribution is -2.44. The second-order valence-electron chi connectivity index (χ2n) is 7.25. The van der Waals surface area contributed by atoms with E-state index >= 15 is 0 Å². The Kier molecular flexibility index (Phi) is 6.13. The standard InChI is InChI=1S/C18H23N3O6S/c1-12-5-7-14(8-6-12)28(25,26)21-10-13(19-11-21)9-15(16(22)23)20-17(24)27-18(2,3)4/h5-8,10-11,15H,9H2,1-4H3,(H,20,24)(H,22,23)/t15-/m1/s1. The molecule has 1 aromatic carbocycles. The van der Waals surface area contributed by atoms with Crippen LogP contribution in [0.25, 0.3) is 0 Å². The molecule has 152 valence electrons. The smallest absolute Gasteiger partial charge is 0.408 e. The molecule has 1 aromatic heterocycles. The first-order chi connectivity index (χ1) is 12.9. The Labute approximate surface area is 163 Å². The van der Waals surface area contributed by atoms with Gasteiger partial charge in [-0.3, -0.25) is 0 Å². The number of aromatic nitrogens is 2. The molecule has 10 heteroatoms. The van der Waals surface area contributed by atoms with Crippen molar-refractivity contribution in [1.82, 2.24) is 14.3 Å². The maximum atomic E-state index is 12.6. The second kappa shape index (κ2) is 8.01. The maximum absolute atomic E-state index is 12.6. The zero-order valence-electron chi connectivity index (χ0n) is 16.0. The van der Waals surface area contributed by atoms with Crippen molar-refractivity contribution >= 4 is 22.1 Å². The fourth-order valence-electron chi connectivity index (χ4n) is 2.27. The van der Waals surface area contributed by atoms with Gasteiger partial charge in [0, 0.05) is 12.6 Å². The summed E-state index contributed by atoms with van der Waals surface area (Å²) in [6.07, 6.45) is 1.23. The van der Waals surface area contributed by atoms with E-state index < -0.39 is 33.7 Å². The fraction of sp³-hybridized carbons (Fsp3) is 0.389. The number of benzene rings is 1. The number of hydrogen-bond acceptors (Lipinski definition) is 6. The van der Waals surface area contributed by atoms with Crippen molar-refractivity contribution in [3.8, 4) is 0 Å². The number of carbonyl (C=O) groups excluding carboxylic acids is 1. The number of hydrogen-bond donors (Lipinski definition) is 2. The second-order valence-corrected chi connectivity index (χ2v) is 9.10. The van der Waals surface area contributed by atoms with Gasteiger partial charge in [0.15, 0.2) is 0 Å². The average Bonchev–Trinajstić information content (AvgIpc) is 3.02. The number of alkyl carbamates (subject to hydrolysis) is 1. The molecule has 2 aromatic rings. The first kappa shape index (κ1) is 21.4. The van der Waals surface area contributed by atoms with Crippen molar-refractivity contribution in [2.45, 2.75) is 50.7 Å². The molecule has 0 saturated carbocycles. The number of carboxylic acids is 1. The lowest BCUT2D eigenvalue weighted by Gasteiger charge is -2.21. The molecule has 0 aliphatic rings. The van der Waals surface area contributed by atoms with E-state index in [1.165, 1.54) is 18.3 Å². The molecular weight excluding hydrogens is 386 g/mol. The number of imidazole rings is 1. The Balaban J connectivity index is 2.16. The third-order valence-electron chi connectivity index (χ3n) is 3.61. The zero-order chi connectivity index (χ0) is 21.1. The lowest BCUT2D eigenvalue weighted by molar-refractivity contribution is -0.139. The number of aryl methyl sites for hydroxylation is 1. The van der Waals surface area contributed by atoms with E-state index in [-0.39, 0.29) is 17.0 Å². The van der Waals surface area contributed by atoms with Crippen LogP contribution in [0.1, 0.15) is 32.0 Å². The summed E-state index contributed by atoms with van der Waals surface area (Å²) in [5.74, 6) is -1.29. The van der Waals surface area contributed by atoms with Crippen LogP contribution < -0.4 is 5.32 Å². The highest BCUT2D eigenvalue weighted by atomic mass is 32.2. The SMILES string of the molecule is Cc1ccc(S(=O)(=O)n2cnc(C[C@@H](NC(=O)OC(C)(C)C)C(=O)O)c2)cc1. The van der Waals surface area contributed by atoms with Gasteiger partial charge in [0.25, 0.3) is 10.0 Å². The first-order valence-electron chi connectivity index (χ1n) is 8.46. The van der Waals surface area contributed by atoms with Crippen LogP contribution in [-0.4, -0.2) is 46.2 Å². The molecule has 28 heavy (non-hydrogen) atoms. The van der Waals surface area contributed by atoms with E-state index in [9.17, 15) is 23.1 Å². The van der Waals surface area contributed by atoms with E-state index in [2.05, 4.69) is 10.3 Å². The van der Waals surface area contributed by atoms with Crippen molar-refractivity contribution < 1.29 is 27.9 Å².